The van der Waals surface area contributed by atoms with Crippen molar-refractivity contribution in [3.8, 4) is 0 Å². The summed E-state index contributed by atoms with van der Waals surface area (Å²) in [5.74, 6) is 0.613. The SMILES string of the molecule is CCC(C)(C)C(=O)OC1(C)CCC(C(C)(C)C)C1. The highest BCUT2D eigenvalue weighted by Crippen LogP contribution is 2.46. The fourth-order valence-corrected chi connectivity index (χ4v) is 2.54. The molecule has 0 aromatic heterocycles. The number of carbonyl (C=O) groups is 1. The highest BCUT2D eigenvalue weighted by atomic mass is 16.6. The predicted molar refractivity (Wildman–Crippen MR) is 75.4 cm³/mol. The number of rotatable bonds is 3. The van der Waals surface area contributed by atoms with Crippen molar-refractivity contribution in [3.05, 3.63) is 0 Å². The molecule has 1 rings (SSSR count). The van der Waals surface area contributed by atoms with Gasteiger partial charge in [-0.1, -0.05) is 27.7 Å². The van der Waals surface area contributed by atoms with Gasteiger partial charge in [0, 0.05) is 0 Å². The van der Waals surface area contributed by atoms with Crippen LogP contribution in [0.25, 0.3) is 0 Å². The van der Waals surface area contributed by atoms with Gasteiger partial charge < -0.3 is 4.74 Å². The van der Waals surface area contributed by atoms with E-state index in [9.17, 15) is 4.79 Å². The first kappa shape index (κ1) is 15.5. The molecule has 0 N–H and O–H groups in total. The van der Waals surface area contributed by atoms with E-state index in [2.05, 4.69) is 27.7 Å². The predicted octanol–water partition coefficient (Wildman–Crippen LogP) is 4.57. The first-order valence-corrected chi connectivity index (χ1v) is 7.24. The molecule has 2 heteroatoms. The molecular weight excluding hydrogens is 224 g/mol. The van der Waals surface area contributed by atoms with E-state index in [0.717, 1.165) is 19.3 Å². The lowest BCUT2D eigenvalue weighted by molar-refractivity contribution is -0.169. The second-order valence-corrected chi connectivity index (χ2v) is 7.88. The molecular formula is C16H30O2. The summed E-state index contributed by atoms with van der Waals surface area (Å²) in [6, 6.07) is 0. The lowest BCUT2D eigenvalue weighted by Crippen LogP contribution is -2.36. The molecule has 0 aromatic carbocycles. The van der Waals surface area contributed by atoms with E-state index in [1.165, 1.54) is 6.42 Å². The number of esters is 1. The van der Waals surface area contributed by atoms with E-state index < -0.39 is 0 Å². The molecule has 2 atom stereocenters. The lowest BCUT2D eigenvalue weighted by atomic mass is 9.79. The number of ether oxygens (including phenoxy) is 1. The van der Waals surface area contributed by atoms with Crippen LogP contribution in [0, 0.1) is 16.7 Å². The van der Waals surface area contributed by atoms with Crippen LogP contribution in [0.1, 0.15) is 74.1 Å². The van der Waals surface area contributed by atoms with Crippen LogP contribution < -0.4 is 0 Å². The average Bonchev–Trinajstić information content (AvgIpc) is 2.60. The van der Waals surface area contributed by atoms with Crippen molar-refractivity contribution in [3.63, 3.8) is 0 Å². The van der Waals surface area contributed by atoms with Crippen LogP contribution in [-0.2, 0) is 9.53 Å². The third kappa shape index (κ3) is 3.49. The largest absolute Gasteiger partial charge is 0.459 e. The lowest BCUT2D eigenvalue weighted by Gasteiger charge is -2.32. The maximum Gasteiger partial charge on any atom is 0.312 e. The van der Waals surface area contributed by atoms with Gasteiger partial charge in [-0.05, 0) is 57.8 Å². The summed E-state index contributed by atoms with van der Waals surface area (Å²) in [6.45, 7) is 14.9. The summed E-state index contributed by atoms with van der Waals surface area (Å²) < 4.78 is 5.84. The Morgan fingerprint density at radius 3 is 2.22 bits per heavy atom. The summed E-state index contributed by atoms with van der Waals surface area (Å²) in [6.07, 6.45) is 3.99. The molecule has 1 aliphatic rings. The highest BCUT2D eigenvalue weighted by Gasteiger charge is 2.44. The molecule has 1 fully saturated rings. The van der Waals surface area contributed by atoms with Crippen LogP contribution in [0.15, 0.2) is 0 Å². The molecule has 0 spiro atoms. The summed E-state index contributed by atoms with van der Waals surface area (Å²) >= 11 is 0. The van der Waals surface area contributed by atoms with Gasteiger partial charge in [0.2, 0.25) is 0 Å². The van der Waals surface area contributed by atoms with Crippen LogP contribution in [0.3, 0.4) is 0 Å². The van der Waals surface area contributed by atoms with Gasteiger partial charge in [0.1, 0.15) is 5.60 Å². The average molecular weight is 254 g/mol. The van der Waals surface area contributed by atoms with Gasteiger partial charge in [-0.25, -0.2) is 0 Å². The maximum atomic E-state index is 12.2. The van der Waals surface area contributed by atoms with Crippen LogP contribution in [0.5, 0.6) is 0 Å². The monoisotopic (exact) mass is 254 g/mol. The third-order valence-corrected chi connectivity index (χ3v) is 4.70. The zero-order chi connectivity index (χ0) is 14.2. The van der Waals surface area contributed by atoms with Crippen molar-refractivity contribution >= 4 is 5.97 Å². The summed E-state index contributed by atoms with van der Waals surface area (Å²) in [7, 11) is 0. The molecule has 2 nitrogen and oxygen atoms in total. The normalized spacial score (nSPS) is 29.4. The molecule has 1 aliphatic carbocycles. The number of hydrogen-bond donors (Lipinski definition) is 0. The fraction of sp³-hybridized carbons (Fsp3) is 0.938. The molecule has 0 radical (unpaired) electrons. The Hall–Kier alpha value is -0.530. The van der Waals surface area contributed by atoms with Crippen LogP contribution in [0.4, 0.5) is 0 Å². The van der Waals surface area contributed by atoms with Crippen molar-refractivity contribution in [2.45, 2.75) is 79.8 Å². The second kappa shape index (κ2) is 4.86. The van der Waals surface area contributed by atoms with Crippen molar-refractivity contribution in [1.29, 1.82) is 0 Å². The fourth-order valence-electron chi connectivity index (χ4n) is 2.54. The Kier molecular flexibility index (Phi) is 4.19. The number of carbonyl (C=O) groups excluding carboxylic acids is 1. The Labute approximate surface area is 112 Å². The van der Waals surface area contributed by atoms with E-state index in [0.29, 0.717) is 11.3 Å². The molecule has 0 amide bonds. The zero-order valence-electron chi connectivity index (χ0n) is 13.2. The minimum absolute atomic E-state index is 0.0398. The van der Waals surface area contributed by atoms with E-state index in [1.807, 2.05) is 20.8 Å². The smallest absolute Gasteiger partial charge is 0.312 e. The van der Waals surface area contributed by atoms with Gasteiger partial charge in [-0.3, -0.25) is 4.79 Å². The Balaban J connectivity index is 2.67. The van der Waals surface area contributed by atoms with Crippen molar-refractivity contribution in [2.24, 2.45) is 16.7 Å². The van der Waals surface area contributed by atoms with Gasteiger partial charge in [-0.2, -0.15) is 0 Å². The Morgan fingerprint density at radius 2 is 1.83 bits per heavy atom. The molecule has 0 heterocycles. The van der Waals surface area contributed by atoms with Crippen LogP contribution in [-0.4, -0.2) is 11.6 Å². The molecule has 106 valence electrons. The highest BCUT2D eigenvalue weighted by molar-refractivity contribution is 5.76. The summed E-state index contributed by atoms with van der Waals surface area (Å²) in [4.78, 5) is 12.2. The molecule has 18 heavy (non-hydrogen) atoms. The first-order valence-electron chi connectivity index (χ1n) is 7.24. The Bertz CT molecular complexity index is 312. The topological polar surface area (TPSA) is 26.3 Å². The van der Waals surface area contributed by atoms with Gasteiger partial charge in [0.15, 0.2) is 0 Å². The first-order chi connectivity index (χ1) is 8.00. The summed E-state index contributed by atoms with van der Waals surface area (Å²) in [5.41, 5.74) is -0.297. The van der Waals surface area contributed by atoms with E-state index in [4.69, 9.17) is 4.74 Å². The van der Waals surface area contributed by atoms with Gasteiger partial charge in [0.05, 0.1) is 5.41 Å². The molecule has 0 aromatic rings. The molecule has 1 saturated carbocycles. The standard InChI is InChI=1S/C16H30O2/c1-8-15(5,6)13(17)18-16(7)10-9-12(11-16)14(2,3)4/h12H,8-11H2,1-7H3. The quantitative estimate of drug-likeness (QED) is 0.690. The van der Waals surface area contributed by atoms with Gasteiger partial charge >= 0.3 is 5.97 Å². The van der Waals surface area contributed by atoms with E-state index in [-0.39, 0.29) is 17.0 Å². The Morgan fingerprint density at radius 1 is 1.28 bits per heavy atom. The van der Waals surface area contributed by atoms with Crippen LogP contribution in [0.2, 0.25) is 0 Å². The van der Waals surface area contributed by atoms with Crippen molar-refractivity contribution < 1.29 is 9.53 Å². The zero-order valence-corrected chi connectivity index (χ0v) is 13.2. The van der Waals surface area contributed by atoms with Crippen molar-refractivity contribution in [2.75, 3.05) is 0 Å². The minimum atomic E-state index is -0.358. The molecule has 0 bridgehead atoms. The minimum Gasteiger partial charge on any atom is -0.459 e. The second-order valence-electron chi connectivity index (χ2n) is 7.88. The maximum absolute atomic E-state index is 12.2. The number of hydrogen-bond acceptors (Lipinski definition) is 2. The van der Waals surface area contributed by atoms with E-state index >= 15 is 0 Å². The summed E-state index contributed by atoms with van der Waals surface area (Å²) in [5, 5.41) is 0. The van der Waals surface area contributed by atoms with E-state index in [1.54, 1.807) is 0 Å². The third-order valence-electron chi connectivity index (χ3n) is 4.70. The van der Waals surface area contributed by atoms with Crippen LogP contribution >= 0.6 is 0 Å². The molecule has 0 aliphatic heterocycles. The van der Waals surface area contributed by atoms with Gasteiger partial charge in [-0.15, -0.1) is 0 Å². The van der Waals surface area contributed by atoms with Crippen molar-refractivity contribution in [1.82, 2.24) is 0 Å². The molecule has 2 unspecified atom stereocenters. The van der Waals surface area contributed by atoms with Gasteiger partial charge in [0.25, 0.3) is 0 Å². The molecule has 0 saturated heterocycles.